The Balaban J connectivity index is 1.65. The fraction of sp³-hybridized carbons (Fsp3) is 0.158. The number of nitrogen functional groups attached to an aromatic ring is 1. The molecule has 2 aromatic heterocycles. The largest absolute Gasteiger partial charge is 0.505 e. The zero-order valence-electron chi connectivity index (χ0n) is 14.8. The molecule has 28 heavy (non-hydrogen) atoms. The Morgan fingerprint density at radius 1 is 1.32 bits per heavy atom. The molecule has 0 saturated heterocycles. The Hall–Kier alpha value is -3.93. The molecular weight excluding hydrogens is 363 g/mol. The molecule has 0 aliphatic carbocycles. The van der Waals surface area contributed by atoms with E-state index in [2.05, 4.69) is 15.4 Å². The van der Waals surface area contributed by atoms with Crippen molar-refractivity contribution in [2.24, 2.45) is 0 Å². The van der Waals surface area contributed by atoms with Gasteiger partial charge in [0.05, 0.1) is 11.4 Å². The number of nitrogens with two attached hydrogens (primary N) is 1. The van der Waals surface area contributed by atoms with Gasteiger partial charge in [-0.1, -0.05) is 0 Å². The number of hydrogen-bond acceptors (Lipinski definition) is 6. The summed E-state index contributed by atoms with van der Waals surface area (Å²) in [7, 11) is 0. The Bertz CT molecular complexity index is 1040. The normalized spacial score (nSPS) is 10.4. The number of pyridine rings is 1. The number of aromatic nitrogens is 3. The SMILES string of the molecule is N#Cc1c(CCCNC(=O)c2ncccc2O)nn(-c2ccc(F)cc2)c1N. The van der Waals surface area contributed by atoms with Gasteiger partial charge in [0.1, 0.15) is 29.0 Å². The average molecular weight is 380 g/mol. The third kappa shape index (κ3) is 3.91. The number of amides is 1. The van der Waals surface area contributed by atoms with Gasteiger partial charge >= 0.3 is 0 Å². The van der Waals surface area contributed by atoms with Crippen LogP contribution in [0.3, 0.4) is 0 Å². The molecule has 9 heteroatoms. The second-order valence-electron chi connectivity index (χ2n) is 5.94. The van der Waals surface area contributed by atoms with Gasteiger partial charge in [-0.15, -0.1) is 0 Å². The van der Waals surface area contributed by atoms with Crippen molar-refractivity contribution in [3.63, 3.8) is 0 Å². The first kappa shape index (κ1) is 18.8. The van der Waals surface area contributed by atoms with Crippen molar-refractivity contribution < 1.29 is 14.3 Å². The first-order valence-corrected chi connectivity index (χ1v) is 8.47. The Morgan fingerprint density at radius 3 is 2.75 bits per heavy atom. The zero-order chi connectivity index (χ0) is 20.1. The molecule has 4 N–H and O–H groups in total. The van der Waals surface area contributed by atoms with Gasteiger partial charge in [0.25, 0.3) is 5.91 Å². The van der Waals surface area contributed by atoms with E-state index in [9.17, 15) is 19.6 Å². The van der Waals surface area contributed by atoms with E-state index < -0.39 is 5.91 Å². The number of aromatic hydroxyl groups is 1. The van der Waals surface area contributed by atoms with Crippen molar-refractivity contribution in [1.29, 1.82) is 5.26 Å². The van der Waals surface area contributed by atoms with Crippen LogP contribution in [0.1, 0.15) is 28.2 Å². The molecule has 3 rings (SSSR count). The number of nitriles is 1. The molecule has 0 unspecified atom stereocenters. The lowest BCUT2D eigenvalue weighted by molar-refractivity contribution is 0.0945. The molecule has 0 atom stereocenters. The Morgan fingerprint density at radius 2 is 2.07 bits per heavy atom. The molecule has 1 amide bonds. The topological polar surface area (TPSA) is 130 Å². The van der Waals surface area contributed by atoms with Gasteiger partial charge in [0, 0.05) is 12.7 Å². The van der Waals surface area contributed by atoms with Crippen LogP contribution in [0.4, 0.5) is 10.2 Å². The van der Waals surface area contributed by atoms with Gasteiger partial charge in [0.15, 0.2) is 5.69 Å². The molecule has 8 nitrogen and oxygen atoms in total. The molecule has 2 heterocycles. The van der Waals surface area contributed by atoms with Crippen LogP contribution in [0.15, 0.2) is 42.6 Å². The van der Waals surface area contributed by atoms with Crippen LogP contribution in [0.5, 0.6) is 5.75 Å². The highest BCUT2D eigenvalue weighted by molar-refractivity contribution is 5.94. The maximum absolute atomic E-state index is 13.1. The van der Waals surface area contributed by atoms with Crippen molar-refractivity contribution in [1.82, 2.24) is 20.1 Å². The molecule has 0 aliphatic rings. The molecular formula is C19H17FN6O2. The van der Waals surface area contributed by atoms with E-state index in [1.165, 1.54) is 47.3 Å². The molecule has 0 bridgehead atoms. The van der Waals surface area contributed by atoms with Crippen molar-refractivity contribution in [3.8, 4) is 17.5 Å². The molecule has 142 valence electrons. The number of benzene rings is 1. The van der Waals surface area contributed by atoms with Crippen molar-refractivity contribution in [2.75, 3.05) is 12.3 Å². The van der Waals surface area contributed by atoms with E-state index >= 15 is 0 Å². The minimum absolute atomic E-state index is 0.0509. The van der Waals surface area contributed by atoms with Gasteiger partial charge in [-0.25, -0.2) is 14.1 Å². The van der Waals surface area contributed by atoms with Crippen LogP contribution in [0.2, 0.25) is 0 Å². The fourth-order valence-corrected chi connectivity index (χ4v) is 2.67. The number of nitrogens with zero attached hydrogens (tertiary/aromatic N) is 4. The molecule has 0 spiro atoms. The van der Waals surface area contributed by atoms with Crippen LogP contribution < -0.4 is 11.1 Å². The van der Waals surface area contributed by atoms with E-state index in [-0.39, 0.29) is 28.6 Å². The lowest BCUT2D eigenvalue weighted by Crippen LogP contribution is -2.25. The molecule has 0 aliphatic heterocycles. The fourth-order valence-electron chi connectivity index (χ4n) is 2.67. The predicted octanol–water partition coefficient (Wildman–Crippen LogP) is 1.93. The van der Waals surface area contributed by atoms with Crippen molar-refractivity contribution in [2.45, 2.75) is 12.8 Å². The van der Waals surface area contributed by atoms with Crippen molar-refractivity contribution >= 4 is 11.7 Å². The smallest absolute Gasteiger partial charge is 0.273 e. The quantitative estimate of drug-likeness (QED) is 0.560. The van der Waals surface area contributed by atoms with Crippen LogP contribution in [0, 0.1) is 17.1 Å². The lowest BCUT2D eigenvalue weighted by atomic mass is 10.1. The minimum atomic E-state index is -0.491. The highest BCUT2D eigenvalue weighted by Crippen LogP contribution is 2.21. The molecule has 0 radical (unpaired) electrons. The van der Waals surface area contributed by atoms with Crippen LogP contribution in [-0.2, 0) is 6.42 Å². The first-order chi connectivity index (χ1) is 13.5. The van der Waals surface area contributed by atoms with Crippen LogP contribution in [0.25, 0.3) is 5.69 Å². The van der Waals surface area contributed by atoms with E-state index in [4.69, 9.17) is 5.73 Å². The second-order valence-corrected chi connectivity index (χ2v) is 5.94. The molecule has 3 aromatic rings. The number of hydrogen-bond donors (Lipinski definition) is 3. The Kier molecular flexibility index (Phi) is 5.50. The lowest BCUT2D eigenvalue weighted by Gasteiger charge is -2.05. The van der Waals surface area contributed by atoms with Gasteiger partial charge < -0.3 is 16.2 Å². The third-order valence-corrected chi connectivity index (χ3v) is 4.05. The summed E-state index contributed by atoms with van der Waals surface area (Å²) in [6.45, 7) is 0.295. The summed E-state index contributed by atoms with van der Waals surface area (Å²) in [6.07, 6.45) is 2.31. The number of nitrogens with one attached hydrogen (secondary N) is 1. The third-order valence-electron chi connectivity index (χ3n) is 4.05. The maximum atomic E-state index is 13.1. The number of halogens is 1. The van der Waals surface area contributed by atoms with Crippen molar-refractivity contribution in [3.05, 3.63) is 65.4 Å². The summed E-state index contributed by atoms with van der Waals surface area (Å²) in [5, 5.41) is 26.0. The molecule has 1 aromatic carbocycles. The summed E-state index contributed by atoms with van der Waals surface area (Å²) < 4.78 is 14.5. The number of carbonyl (C=O) groups excluding carboxylic acids is 1. The first-order valence-electron chi connectivity index (χ1n) is 8.47. The molecule has 0 saturated carbocycles. The van der Waals surface area contributed by atoms with Gasteiger partial charge in [0.2, 0.25) is 0 Å². The Labute approximate surface area is 160 Å². The summed E-state index contributed by atoms with van der Waals surface area (Å²) in [5.74, 6) is -0.899. The average Bonchev–Trinajstić information content (AvgIpc) is 3.01. The van der Waals surface area contributed by atoms with Gasteiger partial charge in [-0.3, -0.25) is 4.79 Å². The standard InChI is InChI=1S/C19H17FN6O2/c20-12-5-7-13(8-6-12)26-18(22)14(11-21)15(25-26)3-1-10-24-19(28)17-16(27)4-2-9-23-17/h2,4-9,27H,1,3,10,22H2,(H,24,28). The molecule has 0 fully saturated rings. The minimum Gasteiger partial charge on any atom is -0.505 e. The summed E-state index contributed by atoms with van der Waals surface area (Å²) in [5.41, 5.74) is 7.23. The summed E-state index contributed by atoms with van der Waals surface area (Å²) >= 11 is 0. The number of anilines is 1. The van der Waals surface area contributed by atoms with Crippen LogP contribution >= 0.6 is 0 Å². The highest BCUT2D eigenvalue weighted by Gasteiger charge is 2.17. The second kappa shape index (κ2) is 8.18. The van der Waals surface area contributed by atoms with E-state index in [1.807, 2.05) is 6.07 Å². The van der Waals surface area contributed by atoms with E-state index in [0.717, 1.165) is 0 Å². The van der Waals surface area contributed by atoms with Gasteiger partial charge in [-0.2, -0.15) is 10.4 Å². The van der Waals surface area contributed by atoms with Gasteiger partial charge in [-0.05, 0) is 49.2 Å². The summed E-state index contributed by atoms with van der Waals surface area (Å²) in [4.78, 5) is 15.8. The van der Waals surface area contributed by atoms with E-state index in [0.29, 0.717) is 30.8 Å². The monoisotopic (exact) mass is 380 g/mol. The number of aryl methyl sites for hydroxylation is 1. The maximum Gasteiger partial charge on any atom is 0.273 e. The van der Waals surface area contributed by atoms with Crippen LogP contribution in [-0.4, -0.2) is 32.3 Å². The number of rotatable bonds is 6. The number of carbonyl (C=O) groups is 1. The predicted molar refractivity (Wildman–Crippen MR) is 99.2 cm³/mol. The summed E-state index contributed by atoms with van der Waals surface area (Å²) in [6, 6.07) is 10.5. The highest BCUT2D eigenvalue weighted by atomic mass is 19.1. The zero-order valence-corrected chi connectivity index (χ0v) is 14.8. The van der Waals surface area contributed by atoms with E-state index in [1.54, 1.807) is 0 Å².